The Balaban J connectivity index is 0.000000196. The molecule has 12 nitrogen and oxygen atoms in total. The molecule has 0 aromatic heterocycles. The summed E-state index contributed by atoms with van der Waals surface area (Å²) in [5, 5.41) is 14.4. The number of carboxylic acids is 1. The van der Waals surface area contributed by atoms with Crippen molar-refractivity contribution in [2.24, 2.45) is 11.7 Å². The van der Waals surface area contributed by atoms with Crippen molar-refractivity contribution in [2.75, 3.05) is 64.0 Å². The van der Waals surface area contributed by atoms with Crippen LogP contribution in [0.2, 0.25) is 0 Å². The summed E-state index contributed by atoms with van der Waals surface area (Å²) >= 11 is 3.71. The first kappa shape index (κ1) is 53.5. The maximum atomic E-state index is 13.1. The number of benzene rings is 4. The summed E-state index contributed by atoms with van der Waals surface area (Å²) in [6, 6.07) is 32.6. The number of likely N-dealkylation sites (tertiary alicyclic amines) is 2. The topological polar surface area (TPSA) is 164 Å². The molecule has 4 aromatic rings. The minimum absolute atomic E-state index is 0.0234. The molecule has 4 bridgehead atoms. The smallest absolute Gasteiger partial charge is 0.317 e. The van der Waals surface area contributed by atoms with Gasteiger partial charge < -0.3 is 30.9 Å². The molecule has 4 heterocycles. The number of rotatable bonds is 6. The zero-order valence-corrected chi connectivity index (χ0v) is 42.2. The van der Waals surface area contributed by atoms with Gasteiger partial charge in [0.2, 0.25) is 11.8 Å². The second kappa shape index (κ2) is 28.7. The molecule has 4 aromatic carbocycles. The van der Waals surface area contributed by atoms with Gasteiger partial charge in [-0.25, -0.2) is 0 Å². The van der Waals surface area contributed by atoms with E-state index in [1.54, 1.807) is 0 Å². The largest absolute Gasteiger partial charge is 0.491 e. The third-order valence-corrected chi connectivity index (χ3v) is 14.9. The van der Waals surface area contributed by atoms with Crippen LogP contribution in [0.25, 0.3) is 22.3 Å². The first-order valence-electron chi connectivity index (χ1n) is 25.0. The highest BCUT2D eigenvalue weighted by Gasteiger charge is 2.25. The lowest BCUT2D eigenvalue weighted by Crippen LogP contribution is -2.46. The van der Waals surface area contributed by atoms with Crippen molar-refractivity contribution in [3.8, 4) is 33.8 Å². The predicted octanol–water partition coefficient (Wildman–Crippen LogP) is 9.19. The summed E-state index contributed by atoms with van der Waals surface area (Å²) in [6.45, 7) is 9.32. The first-order chi connectivity index (χ1) is 33.5. The van der Waals surface area contributed by atoms with Gasteiger partial charge in [-0.2, -0.15) is 0 Å². The Kier molecular flexibility index (Phi) is 22.3. The number of nitrogens with zero attached hydrogens (tertiary/aromatic N) is 2. The molecule has 69 heavy (non-hydrogen) atoms. The Morgan fingerprint density at radius 2 is 1.10 bits per heavy atom. The zero-order chi connectivity index (χ0) is 48.8. The van der Waals surface area contributed by atoms with E-state index in [1.807, 2.05) is 66.5 Å². The second-order valence-corrected chi connectivity index (χ2v) is 20.9. The number of thioether (sulfide) groups is 2. The van der Waals surface area contributed by atoms with Crippen LogP contribution >= 0.6 is 23.5 Å². The van der Waals surface area contributed by atoms with Crippen LogP contribution in [-0.2, 0) is 19.2 Å². The number of ketones is 1. The number of ether oxygens (including phenoxy) is 2. The van der Waals surface area contributed by atoms with Gasteiger partial charge in [0.1, 0.15) is 30.5 Å². The molecule has 2 saturated heterocycles. The van der Waals surface area contributed by atoms with Crippen molar-refractivity contribution in [3.63, 3.8) is 0 Å². The standard InChI is InChI=1S/C28H36N2O3S.C21H26N2O2S.C6H11NO2/c1-21-20-33-25-11-8-10-22(18-25)26-12-2-3-13-27(26)34-16-7-4-9-23(28(32)29-21)17-24(31)19-30-14-5-6-15-30;1-15-14-25-17-8-6-7-16(13-17)18-9-2-3-11-20(18)26-12-5-4-10-19(22)21(24)23-15;8-6(9)5-7-3-1-2-4-7/h2-3,8,10-13,18,21,23H,4-7,9,14-17,19-20H2,1H3,(H,29,32);2-3,6-9,11,13,15,19H,4-5,10,12,14,22H2,1H3,(H,23,24);1-5H2,(H,8,9)/t21-,23-;15-,19+;/m11./s1. The van der Waals surface area contributed by atoms with Crippen molar-refractivity contribution < 1.29 is 33.8 Å². The van der Waals surface area contributed by atoms with Crippen LogP contribution < -0.4 is 25.8 Å². The van der Waals surface area contributed by atoms with Gasteiger partial charge in [-0.3, -0.25) is 29.0 Å². The predicted molar refractivity (Wildman–Crippen MR) is 279 cm³/mol. The van der Waals surface area contributed by atoms with Gasteiger partial charge in [-0.1, -0.05) is 73.5 Å². The molecular weight excluding hydrogens is 907 g/mol. The fourth-order valence-electron chi connectivity index (χ4n) is 8.85. The number of carbonyl (C=O) groups is 4. The fourth-order valence-corrected chi connectivity index (χ4v) is 11.0. The van der Waals surface area contributed by atoms with E-state index in [0.29, 0.717) is 32.6 Å². The number of nitrogens with two attached hydrogens (primary N) is 1. The average molecular weight is 980 g/mol. The van der Waals surface area contributed by atoms with Crippen molar-refractivity contribution in [1.29, 1.82) is 0 Å². The molecule has 0 aliphatic carbocycles. The van der Waals surface area contributed by atoms with E-state index < -0.39 is 12.0 Å². The summed E-state index contributed by atoms with van der Waals surface area (Å²) in [5.41, 5.74) is 10.8. The average Bonchev–Trinajstić information content (AvgIpc) is 4.07. The molecule has 8 rings (SSSR count). The number of hydrogen-bond acceptors (Lipinski definition) is 11. The molecule has 4 aliphatic rings. The van der Waals surface area contributed by atoms with Crippen LogP contribution in [0.5, 0.6) is 11.5 Å². The van der Waals surface area contributed by atoms with Crippen LogP contribution in [0.15, 0.2) is 107 Å². The van der Waals surface area contributed by atoms with Crippen LogP contribution in [0.4, 0.5) is 0 Å². The molecule has 2 fully saturated rings. The maximum absolute atomic E-state index is 13.1. The lowest BCUT2D eigenvalue weighted by Gasteiger charge is -2.22. The van der Waals surface area contributed by atoms with Gasteiger partial charge in [0.25, 0.3) is 0 Å². The van der Waals surface area contributed by atoms with E-state index >= 15 is 0 Å². The zero-order valence-electron chi connectivity index (χ0n) is 40.6. The Hall–Kier alpha value is -4.86. The van der Waals surface area contributed by atoms with Crippen molar-refractivity contribution >= 4 is 47.1 Å². The molecule has 0 radical (unpaired) electrons. The number of amides is 2. The van der Waals surface area contributed by atoms with E-state index in [4.69, 9.17) is 20.3 Å². The van der Waals surface area contributed by atoms with E-state index in [-0.39, 0.29) is 42.1 Å². The van der Waals surface area contributed by atoms with Crippen LogP contribution in [-0.4, -0.2) is 121 Å². The maximum Gasteiger partial charge on any atom is 0.317 e. The van der Waals surface area contributed by atoms with E-state index in [1.165, 1.54) is 33.8 Å². The second-order valence-electron chi connectivity index (χ2n) is 18.6. The molecule has 0 saturated carbocycles. The molecule has 2 amide bonds. The summed E-state index contributed by atoms with van der Waals surface area (Å²) in [5.74, 6) is 2.67. The van der Waals surface area contributed by atoms with Crippen molar-refractivity contribution in [2.45, 2.75) is 112 Å². The molecular formula is C55H73N5O7S2. The molecule has 372 valence electrons. The molecule has 0 spiro atoms. The van der Waals surface area contributed by atoms with Crippen LogP contribution in [0, 0.1) is 5.92 Å². The highest BCUT2D eigenvalue weighted by Crippen LogP contribution is 2.35. The lowest BCUT2D eigenvalue weighted by molar-refractivity contribution is -0.138. The number of nitrogens with one attached hydrogen (secondary N) is 2. The Bertz CT molecular complexity index is 2250. The first-order valence-corrected chi connectivity index (χ1v) is 26.9. The van der Waals surface area contributed by atoms with Gasteiger partial charge in [-0.05, 0) is 162 Å². The lowest BCUT2D eigenvalue weighted by atomic mass is 9.94. The van der Waals surface area contributed by atoms with E-state index in [0.717, 1.165) is 105 Å². The third-order valence-electron chi connectivity index (χ3n) is 12.6. The summed E-state index contributed by atoms with van der Waals surface area (Å²) in [6.07, 6.45) is 10.4. The highest BCUT2D eigenvalue weighted by molar-refractivity contribution is 7.99. The number of carboxylic acid groups (broad SMARTS) is 1. The molecule has 5 N–H and O–H groups in total. The summed E-state index contributed by atoms with van der Waals surface area (Å²) < 4.78 is 11.9. The Morgan fingerprint density at radius 3 is 1.62 bits per heavy atom. The third kappa shape index (κ3) is 18.4. The van der Waals surface area contributed by atoms with Crippen LogP contribution in [0.3, 0.4) is 0 Å². The SMILES string of the molecule is C[C@@H]1COc2cccc(c2)-c2ccccc2SCCCC[C@H](CC(=O)CN2CCCC2)C(=O)N1.C[C@@H]1COc2cccc(c2)-c2ccccc2SCCCC[C@H](N)C(=O)N1.O=C(O)CN1CCCC1. The quantitative estimate of drug-likeness (QED) is 0.145. The van der Waals surface area contributed by atoms with Gasteiger partial charge in [-0.15, -0.1) is 23.5 Å². The molecule has 14 heteroatoms. The Morgan fingerprint density at radius 1 is 0.623 bits per heavy atom. The number of carbonyl (C=O) groups excluding carboxylic acids is 3. The normalized spacial score (nSPS) is 22.0. The summed E-state index contributed by atoms with van der Waals surface area (Å²) in [7, 11) is 0. The minimum Gasteiger partial charge on any atom is -0.491 e. The van der Waals surface area contributed by atoms with Crippen LogP contribution in [0.1, 0.15) is 84.5 Å². The summed E-state index contributed by atoms with van der Waals surface area (Å²) in [4.78, 5) is 54.8. The van der Waals surface area contributed by atoms with Gasteiger partial charge in [0.05, 0.1) is 31.2 Å². The van der Waals surface area contributed by atoms with Crippen molar-refractivity contribution in [1.82, 2.24) is 20.4 Å². The number of fused-ring (bicyclic) bond motifs is 8. The molecule has 4 aliphatic heterocycles. The van der Waals surface area contributed by atoms with Gasteiger partial charge in [0.15, 0.2) is 0 Å². The number of aliphatic carboxylic acids is 1. The minimum atomic E-state index is -0.711. The number of hydrogen-bond donors (Lipinski definition) is 4. The molecule has 0 unspecified atom stereocenters. The fraction of sp³-hybridized carbons (Fsp3) is 0.491. The monoisotopic (exact) mass is 979 g/mol. The highest BCUT2D eigenvalue weighted by atomic mass is 32.2. The van der Waals surface area contributed by atoms with Crippen molar-refractivity contribution in [3.05, 3.63) is 97.1 Å². The number of Topliss-reactive ketones (excluding diaryl/α,β-unsaturated/α-hetero) is 1. The van der Waals surface area contributed by atoms with Gasteiger partial charge >= 0.3 is 5.97 Å². The van der Waals surface area contributed by atoms with Gasteiger partial charge in [0, 0.05) is 22.1 Å². The Labute approximate surface area is 418 Å². The van der Waals surface area contributed by atoms with E-state index in [2.05, 4.69) is 88.3 Å². The van der Waals surface area contributed by atoms with E-state index in [9.17, 15) is 19.2 Å². The molecule has 4 atom stereocenters.